The lowest BCUT2D eigenvalue weighted by Gasteiger charge is -2.10. The molecule has 2 unspecified atom stereocenters. The first-order valence-electron chi connectivity index (χ1n) is 6.37. The molecule has 2 rings (SSSR count). The molecule has 2 atom stereocenters. The topological polar surface area (TPSA) is 49.6 Å². The molecule has 0 aromatic carbocycles. The van der Waals surface area contributed by atoms with Crippen LogP contribution in [0.3, 0.4) is 0 Å². The Morgan fingerprint density at radius 1 is 1.59 bits per heavy atom. The molecule has 0 saturated heterocycles. The van der Waals surface area contributed by atoms with E-state index in [2.05, 4.69) is 29.5 Å². The third-order valence-electron chi connectivity index (χ3n) is 2.98. The molecule has 17 heavy (non-hydrogen) atoms. The van der Waals surface area contributed by atoms with Crippen LogP contribution in [0.5, 0.6) is 0 Å². The molecule has 1 aromatic heterocycles. The molecule has 0 aliphatic heterocycles. The van der Waals surface area contributed by atoms with Crippen molar-refractivity contribution >= 4 is 5.96 Å². The Morgan fingerprint density at radius 2 is 2.41 bits per heavy atom. The van der Waals surface area contributed by atoms with Crippen molar-refractivity contribution in [1.29, 1.82) is 0 Å². The van der Waals surface area contributed by atoms with Crippen LogP contribution in [-0.4, -0.2) is 25.1 Å². The molecule has 0 bridgehead atoms. The van der Waals surface area contributed by atoms with Gasteiger partial charge in [-0.25, -0.2) is 0 Å². The molecule has 1 aliphatic rings. The fourth-order valence-electron chi connectivity index (χ4n) is 1.75. The summed E-state index contributed by atoms with van der Waals surface area (Å²) in [5, 5.41) is 6.69. The van der Waals surface area contributed by atoms with Gasteiger partial charge in [0, 0.05) is 25.6 Å². The highest BCUT2D eigenvalue weighted by Crippen LogP contribution is 2.28. The average molecular weight is 235 g/mol. The first-order chi connectivity index (χ1) is 8.29. The summed E-state index contributed by atoms with van der Waals surface area (Å²) in [5.41, 5.74) is 0. The van der Waals surface area contributed by atoms with Crippen LogP contribution in [0.25, 0.3) is 0 Å². The summed E-state index contributed by atoms with van der Waals surface area (Å²) >= 11 is 0. The third-order valence-corrected chi connectivity index (χ3v) is 2.98. The first kappa shape index (κ1) is 12.0. The lowest BCUT2D eigenvalue weighted by atomic mass is 10.3. The van der Waals surface area contributed by atoms with Gasteiger partial charge >= 0.3 is 0 Å². The van der Waals surface area contributed by atoms with Crippen molar-refractivity contribution in [3.05, 3.63) is 24.2 Å². The Balaban J connectivity index is 1.78. The van der Waals surface area contributed by atoms with Crippen LogP contribution in [0.4, 0.5) is 0 Å². The number of nitrogens with one attached hydrogen (secondary N) is 2. The highest BCUT2D eigenvalue weighted by atomic mass is 16.3. The quantitative estimate of drug-likeness (QED) is 0.604. The van der Waals surface area contributed by atoms with E-state index in [1.165, 1.54) is 6.42 Å². The van der Waals surface area contributed by atoms with Gasteiger partial charge in [0.05, 0.1) is 6.26 Å². The van der Waals surface area contributed by atoms with E-state index in [-0.39, 0.29) is 0 Å². The lowest BCUT2D eigenvalue weighted by Crippen LogP contribution is -2.39. The van der Waals surface area contributed by atoms with Crippen LogP contribution in [0.1, 0.15) is 26.0 Å². The van der Waals surface area contributed by atoms with Crippen LogP contribution in [0.15, 0.2) is 27.8 Å². The second-order valence-electron chi connectivity index (χ2n) is 4.55. The zero-order valence-electron chi connectivity index (χ0n) is 10.6. The number of furan rings is 1. The van der Waals surface area contributed by atoms with E-state index < -0.39 is 0 Å². The second-order valence-corrected chi connectivity index (χ2v) is 4.55. The van der Waals surface area contributed by atoms with Crippen LogP contribution >= 0.6 is 0 Å². The van der Waals surface area contributed by atoms with Crippen molar-refractivity contribution in [2.45, 2.75) is 32.7 Å². The molecule has 1 heterocycles. The van der Waals surface area contributed by atoms with Crippen molar-refractivity contribution in [1.82, 2.24) is 10.6 Å². The van der Waals surface area contributed by atoms with Crippen LogP contribution in [0, 0.1) is 5.92 Å². The van der Waals surface area contributed by atoms with Gasteiger partial charge in [-0.2, -0.15) is 0 Å². The van der Waals surface area contributed by atoms with E-state index in [1.807, 2.05) is 12.1 Å². The number of aliphatic imine (C=N–C) groups is 1. The molecule has 0 amide bonds. The molecular weight excluding hydrogens is 214 g/mol. The van der Waals surface area contributed by atoms with Gasteiger partial charge < -0.3 is 15.1 Å². The summed E-state index contributed by atoms with van der Waals surface area (Å²) in [6.07, 6.45) is 3.81. The largest absolute Gasteiger partial charge is 0.469 e. The molecule has 4 heteroatoms. The first-order valence-corrected chi connectivity index (χ1v) is 6.37. The van der Waals surface area contributed by atoms with E-state index in [0.29, 0.717) is 6.04 Å². The fraction of sp³-hybridized carbons (Fsp3) is 0.615. The Kier molecular flexibility index (Phi) is 4.07. The SMILES string of the molecule is CCNC(=NCCc1ccco1)NC1CC1C. The van der Waals surface area contributed by atoms with E-state index in [9.17, 15) is 0 Å². The van der Waals surface area contributed by atoms with Gasteiger partial charge in [-0.05, 0) is 31.4 Å². The van der Waals surface area contributed by atoms with Gasteiger partial charge in [0.15, 0.2) is 5.96 Å². The predicted molar refractivity (Wildman–Crippen MR) is 69.1 cm³/mol. The van der Waals surface area contributed by atoms with Crippen molar-refractivity contribution in [2.24, 2.45) is 10.9 Å². The summed E-state index contributed by atoms with van der Waals surface area (Å²) in [4.78, 5) is 4.54. The van der Waals surface area contributed by atoms with Gasteiger partial charge in [-0.3, -0.25) is 4.99 Å². The van der Waals surface area contributed by atoms with E-state index in [0.717, 1.165) is 37.1 Å². The summed E-state index contributed by atoms with van der Waals surface area (Å²) in [7, 11) is 0. The van der Waals surface area contributed by atoms with Gasteiger partial charge in [-0.15, -0.1) is 0 Å². The zero-order valence-corrected chi connectivity index (χ0v) is 10.6. The zero-order chi connectivity index (χ0) is 12.1. The van der Waals surface area contributed by atoms with Crippen molar-refractivity contribution in [3.8, 4) is 0 Å². The van der Waals surface area contributed by atoms with Gasteiger partial charge in [-0.1, -0.05) is 6.92 Å². The van der Waals surface area contributed by atoms with Gasteiger partial charge in [0.25, 0.3) is 0 Å². The van der Waals surface area contributed by atoms with E-state index in [4.69, 9.17) is 4.42 Å². The Bertz CT molecular complexity index is 359. The maximum Gasteiger partial charge on any atom is 0.191 e. The highest BCUT2D eigenvalue weighted by Gasteiger charge is 2.33. The second kappa shape index (κ2) is 5.75. The predicted octanol–water partition coefficient (Wildman–Crippen LogP) is 1.79. The molecule has 1 aromatic rings. The average Bonchev–Trinajstić information content (AvgIpc) is 2.81. The summed E-state index contributed by atoms with van der Waals surface area (Å²) in [5.74, 6) is 2.70. The minimum Gasteiger partial charge on any atom is -0.469 e. The molecule has 0 radical (unpaired) electrons. The Labute approximate surface area is 102 Å². The summed E-state index contributed by atoms with van der Waals surface area (Å²) in [6, 6.07) is 4.50. The molecule has 0 spiro atoms. The maximum absolute atomic E-state index is 5.28. The van der Waals surface area contributed by atoms with Crippen molar-refractivity contribution < 1.29 is 4.42 Å². The van der Waals surface area contributed by atoms with E-state index in [1.54, 1.807) is 6.26 Å². The molecule has 1 aliphatic carbocycles. The number of guanidine groups is 1. The molecule has 94 valence electrons. The minimum absolute atomic E-state index is 0.608. The fourth-order valence-corrected chi connectivity index (χ4v) is 1.75. The van der Waals surface area contributed by atoms with Gasteiger partial charge in [0.2, 0.25) is 0 Å². The standard InChI is InChI=1S/C13H21N3O/c1-3-14-13(16-12-9-10(12)2)15-7-6-11-5-4-8-17-11/h4-5,8,10,12H,3,6-7,9H2,1-2H3,(H2,14,15,16). The monoisotopic (exact) mass is 235 g/mol. The highest BCUT2D eigenvalue weighted by molar-refractivity contribution is 5.80. The molecular formula is C13H21N3O. The van der Waals surface area contributed by atoms with Gasteiger partial charge in [0.1, 0.15) is 5.76 Å². The number of rotatable bonds is 5. The maximum atomic E-state index is 5.28. The number of hydrogen-bond donors (Lipinski definition) is 2. The Morgan fingerprint density at radius 3 is 3.00 bits per heavy atom. The lowest BCUT2D eigenvalue weighted by molar-refractivity contribution is 0.510. The molecule has 1 saturated carbocycles. The summed E-state index contributed by atoms with van der Waals surface area (Å²) in [6.45, 7) is 5.99. The summed E-state index contributed by atoms with van der Waals surface area (Å²) < 4.78 is 5.28. The smallest absolute Gasteiger partial charge is 0.191 e. The van der Waals surface area contributed by atoms with Crippen molar-refractivity contribution in [2.75, 3.05) is 13.1 Å². The molecule has 1 fully saturated rings. The normalized spacial score (nSPS) is 23.5. The third kappa shape index (κ3) is 3.80. The number of hydrogen-bond acceptors (Lipinski definition) is 2. The Hall–Kier alpha value is -1.45. The minimum atomic E-state index is 0.608. The van der Waals surface area contributed by atoms with E-state index >= 15 is 0 Å². The van der Waals surface area contributed by atoms with Crippen LogP contribution < -0.4 is 10.6 Å². The van der Waals surface area contributed by atoms with Crippen LogP contribution in [-0.2, 0) is 6.42 Å². The van der Waals surface area contributed by atoms with Crippen molar-refractivity contribution in [3.63, 3.8) is 0 Å². The van der Waals surface area contributed by atoms with Crippen LogP contribution in [0.2, 0.25) is 0 Å². The molecule has 4 nitrogen and oxygen atoms in total. The number of nitrogens with zero attached hydrogens (tertiary/aromatic N) is 1. The molecule has 2 N–H and O–H groups in total.